The van der Waals surface area contributed by atoms with Crippen LogP contribution in [0, 0.1) is 0 Å². The molecule has 0 aromatic carbocycles. The summed E-state index contributed by atoms with van der Waals surface area (Å²) < 4.78 is 5.18. The second-order valence-corrected chi connectivity index (χ2v) is 4.66. The highest BCUT2D eigenvalue weighted by Crippen LogP contribution is 2.14. The molecule has 1 heterocycles. The van der Waals surface area contributed by atoms with Gasteiger partial charge in [0.05, 0.1) is 6.61 Å². The van der Waals surface area contributed by atoms with Crippen molar-refractivity contribution in [3.63, 3.8) is 0 Å². The summed E-state index contributed by atoms with van der Waals surface area (Å²) in [6, 6.07) is 4.51. The van der Waals surface area contributed by atoms with Gasteiger partial charge in [0.15, 0.2) is 0 Å². The molecule has 0 radical (unpaired) electrons. The van der Waals surface area contributed by atoms with E-state index >= 15 is 0 Å². The molecule has 0 aliphatic rings. The molecule has 1 unspecified atom stereocenters. The maximum absolute atomic E-state index is 5.18. The van der Waals surface area contributed by atoms with Crippen LogP contribution in [-0.4, -0.2) is 43.2 Å². The molecule has 1 rings (SSSR count). The Balaban J connectivity index is 2.65. The Hall–Kier alpha value is -1.13. The lowest BCUT2D eigenvalue weighted by atomic mass is 10.2. The van der Waals surface area contributed by atoms with E-state index in [9.17, 15) is 0 Å². The fourth-order valence-electron chi connectivity index (χ4n) is 1.76. The van der Waals surface area contributed by atoms with Crippen molar-refractivity contribution in [2.24, 2.45) is 0 Å². The molecule has 0 aliphatic carbocycles. The molecular weight excluding hydrogens is 226 g/mol. The van der Waals surface area contributed by atoms with Crippen LogP contribution in [0.5, 0.6) is 0 Å². The molecule has 1 aromatic rings. The lowest BCUT2D eigenvalue weighted by Gasteiger charge is -2.24. The van der Waals surface area contributed by atoms with Crippen LogP contribution in [0.4, 0.5) is 5.82 Å². The van der Waals surface area contributed by atoms with Crippen LogP contribution in [-0.2, 0) is 11.3 Å². The summed E-state index contributed by atoms with van der Waals surface area (Å²) in [4.78, 5) is 6.68. The molecule has 1 atom stereocenters. The number of rotatable bonds is 8. The zero-order valence-electron chi connectivity index (χ0n) is 11.9. The van der Waals surface area contributed by atoms with E-state index in [-0.39, 0.29) is 0 Å². The molecule has 1 aromatic heterocycles. The molecule has 0 amide bonds. The van der Waals surface area contributed by atoms with Gasteiger partial charge in [-0.1, -0.05) is 13.0 Å². The average molecular weight is 251 g/mol. The summed E-state index contributed by atoms with van der Waals surface area (Å²) >= 11 is 0. The number of hydrogen-bond donors (Lipinski definition) is 1. The number of anilines is 1. The molecule has 0 aliphatic heterocycles. The van der Waals surface area contributed by atoms with Crippen molar-refractivity contribution in [2.75, 3.05) is 32.6 Å². The van der Waals surface area contributed by atoms with Gasteiger partial charge in [-0.25, -0.2) is 4.98 Å². The molecule has 4 heteroatoms. The van der Waals surface area contributed by atoms with E-state index in [1.807, 2.05) is 12.3 Å². The zero-order chi connectivity index (χ0) is 13.4. The van der Waals surface area contributed by atoms with Crippen molar-refractivity contribution >= 4 is 5.82 Å². The van der Waals surface area contributed by atoms with Crippen LogP contribution < -0.4 is 5.32 Å². The van der Waals surface area contributed by atoms with Crippen LogP contribution >= 0.6 is 0 Å². The first-order valence-electron chi connectivity index (χ1n) is 6.56. The van der Waals surface area contributed by atoms with Crippen molar-refractivity contribution < 1.29 is 4.74 Å². The molecule has 4 nitrogen and oxygen atoms in total. The van der Waals surface area contributed by atoms with E-state index in [1.165, 1.54) is 5.56 Å². The fraction of sp³-hybridized carbons (Fsp3) is 0.643. The smallest absolute Gasteiger partial charge is 0.130 e. The Morgan fingerprint density at radius 1 is 1.50 bits per heavy atom. The van der Waals surface area contributed by atoms with Gasteiger partial charge in [0.1, 0.15) is 5.82 Å². The molecule has 0 saturated carbocycles. The second-order valence-electron chi connectivity index (χ2n) is 4.66. The maximum atomic E-state index is 5.18. The van der Waals surface area contributed by atoms with Crippen molar-refractivity contribution in [1.82, 2.24) is 9.88 Å². The minimum atomic E-state index is 0.397. The number of pyridine rings is 1. The highest BCUT2D eigenvalue weighted by Gasteiger charge is 2.11. The molecule has 1 N–H and O–H groups in total. The van der Waals surface area contributed by atoms with Crippen LogP contribution in [0.15, 0.2) is 18.3 Å². The van der Waals surface area contributed by atoms with Crippen LogP contribution in [0.2, 0.25) is 0 Å². The topological polar surface area (TPSA) is 37.4 Å². The third-order valence-electron chi connectivity index (χ3n) is 3.01. The summed E-state index contributed by atoms with van der Waals surface area (Å²) in [7, 11) is 3.85. The molecule has 0 bridgehead atoms. The SMILES string of the molecule is CCCNc1ncccc1CN(C)C(C)COC. The van der Waals surface area contributed by atoms with Crippen molar-refractivity contribution in [1.29, 1.82) is 0 Å². The molecule has 0 fully saturated rings. The van der Waals surface area contributed by atoms with Gasteiger partial charge in [0.25, 0.3) is 0 Å². The van der Waals surface area contributed by atoms with E-state index in [2.05, 4.69) is 42.2 Å². The lowest BCUT2D eigenvalue weighted by Crippen LogP contribution is -2.32. The summed E-state index contributed by atoms with van der Waals surface area (Å²) in [5, 5.41) is 3.37. The summed E-state index contributed by atoms with van der Waals surface area (Å²) in [6.07, 6.45) is 2.94. The summed E-state index contributed by atoms with van der Waals surface area (Å²) in [6.45, 7) is 6.90. The molecular formula is C14H25N3O. The minimum Gasteiger partial charge on any atom is -0.383 e. The van der Waals surface area contributed by atoms with Gasteiger partial charge >= 0.3 is 0 Å². The van der Waals surface area contributed by atoms with Gasteiger partial charge in [0.2, 0.25) is 0 Å². The van der Waals surface area contributed by atoms with Gasteiger partial charge < -0.3 is 10.1 Å². The van der Waals surface area contributed by atoms with Crippen molar-refractivity contribution in [3.8, 4) is 0 Å². The van der Waals surface area contributed by atoms with Crippen molar-refractivity contribution in [3.05, 3.63) is 23.9 Å². The fourth-order valence-corrected chi connectivity index (χ4v) is 1.76. The first-order chi connectivity index (χ1) is 8.69. The molecule has 18 heavy (non-hydrogen) atoms. The van der Waals surface area contributed by atoms with Crippen LogP contribution in [0.1, 0.15) is 25.8 Å². The number of hydrogen-bond acceptors (Lipinski definition) is 4. The highest BCUT2D eigenvalue weighted by atomic mass is 16.5. The Morgan fingerprint density at radius 2 is 2.28 bits per heavy atom. The highest BCUT2D eigenvalue weighted by molar-refractivity contribution is 5.43. The number of aromatic nitrogens is 1. The number of methoxy groups -OCH3 is 1. The van der Waals surface area contributed by atoms with Gasteiger partial charge in [-0.3, -0.25) is 4.90 Å². The first-order valence-corrected chi connectivity index (χ1v) is 6.56. The van der Waals surface area contributed by atoms with Gasteiger partial charge in [-0.05, 0) is 26.5 Å². The number of ether oxygens (including phenoxy) is 1. The van der Waals surface area contributed by atoms with E-state index in [0.717, 1.165) is 31.9 Å². The third-order valence-corrected chi connectivity index (χ3v) is 3.01. The van der Waals surface area contributed by atoms with E-state index in [0.29, 0.717) is 6.04 Å². The van der Waals surface area contributed by atoms with Crippen molar-refractivity contribution in [2.45, 2.75) is 32.9 Å². The largest absolute Gasteiger partial charge is 0.383 e. The maximum Gasteiger partial charge on any atom is 0.130 e. The Kier molecular flexibility index (Phi) is 6.68. The van der Waals surface area contributed by atoms with Crippen LogP contribution in [0.25, 0.3) is 0 Å². The first kappa shape index (κ1) is 14.9. The predicted octanol–water partition coefficient (Wildman–Crippen LogP) is 2.37. The quantitative estimate of drug-likeness (QED) is 0.769. The molecule has 102 valence electrons. The van der Waals surface area contributed by atoms with Crippen LogP contribution in [0.3, 0.4) is 0 Å². The van der Waals surface area contributed by atoms with Gasteiger partial charge in [-0.15, -0.1) is 0 Å². The monoisotopic (exact) mass is 251 g/mol. The third kappa shape index (κ3) is 4.63. The van der Waals surface area contributed by atoms with E-state index < -0.39 is 0 Å². The van der Waals surface area contributed by atoms with Gasteiger partial charge in [0, 0.05) is 38.0 Å². The number of nitrogens with zero attached hydrogens (tertiary/aromatic N) is 2. The van der Waals surface area contributed by atoms with Gasteiger partial charge in [-0.2, -0.15) is 0 Å². The second kappa shape index (κ2) is 8.06. The zero-order valence-corrected chi connectivity index (χ0v) is 11.9. The molecule has 0 saturated heterocycles. The normalized spacial score (nSPS) is 12.7. The van der Waals surface area contributed by atoms with E-state index in [4.69, 9.17) is 4.74 Å². The average Bonchev–Trinajstić information content (AvgIpc) is 2.38. The number of nitrogens with one attached hydrogen (secondary N) is 1. The summed E-state index contributed by atoms with van der Waals surface area (Å²) in [5.74, 6) is 0.996. The molecule has 0 spiro atoms. The summed E-state index contributed by atoms with van der Waals surface area (Å²) in [5.41, 5.74) is 1.23. The number of likely N-dealkylation sites (N-methyl/N-ethyl adjacent to an activating group) is 1. The Bertz CT molecular complexity index is 344. The standard InChI is InChI=1S/C14H25N3O/c1-5-8-15-14-13(7-6-9-16-14)10-17(3)12(2)11-18-4/h6-7,9,12H,5,8,10-11H2,1-4H3,(H,15,16). The Morgan fingerprint density at radius 3 is 2.94 bits per heavy atom. The lowest BCUT2D eigenvalue weighted by molar-refractivity contribution is 0.112. The van der Waals surface area contributed by atoms with E-state index in [1.54, 1.807) is 7.11 Å². The Labute approximate surface area is 110 Å². The minimum absolute atomic E-state index is 0.397. The predicted molar refractivity (Wildman–Crippen MR) is 75.8 cm³/mol.